The summed E-state index contributed by atoms with van der Waals surface area (Å²) in [6.45, 7) is 0.0962. The lowest BCUT2D eigenvalue weighted by Crippen LogP contribution is -2.30. The number of fused-ring (bicyclic) bond motifs is 1. The molecular formula is C23H22N2O5. The van der Waals surface area contributed by atoms with Crippen LogP contribution in [0.5, 0.6) is 0 Å². The number of rotatable bonds is 8. The SMILES string of the molecule is COC(=O)c1ccc(/C=C/C(=O)OCC(=O)NCCc2c[nH]c3ccccc23)cc1. The summed E-state index contributed by atoms with van der Waals surface area (Å²) in [6, 6.07) is 14.5. The minimum atomic E-state index is -0.626. The molecule has 0 saturated carbocycles. The minimum Gasteiger partial charge on any atom is -0.465 e. The van der Waals surface area contributed by atoms with Crippen molar-refractivity contribution in [1.29, 1.82) is 0 Å². The second kappa shape index (κ2) is 10.1. The highest BCUT2D eigenvalue weighted by molar-refractivity contribution is 5.91. The lowest BCUT2D eigenvalue weighted by molar-refractivity contribution is -0.143. The molecule has 0 aliphatic carbocycles. The quantitative estimate of drug-likeness (QED) is 0.443. The Morgan fingerprint density at radius 2 is 1.83 bits per heavy atom. The van der Waals surface area contributed by atoms with E-state index in [1.54, 1.807) is 24.3 Å². The van der Waals surface area contributed by atoms with E-state index >= 15 is 0 Å². The molecule has 7 nitrogen and oxygen atoms in total. The average molecular weight is 406 g/mol. The first-order valence-electron chi connectivity index (χ1n) is 9.41. The molecule has 3 rings (SSSR count). The highest BCUT2D eigenvalue weighted by atomic mass is 16.5. The Morgan fingerprint density at radius 1 is 1.07 bits per heavy atom. The molecule has 1 aromatic heterocycles. The Labute approximate surface area is 173 Å². The van der Waals surface area contributed by atoms with Gasteiger partial charge >= 0.3 is 11.9 Å². The first-order chi connectivity index (χ1) is 14.6. The highest BCUT2D eigenvalue weighted by Crippen LogP contribution is 2.17. The van der Waals surface area contributed by atoms with Gasteiger partial charge in [-0.3, -0.25) is 4.79 Å². The summed E-state index contributed by atoms with van der Waals surface area (Å²) >= 11 is 0. The average Bonchev–Trinajstić information content (AvgIpc) is 3.19. The van der Waals surface area contributed by atoms with Crippen molar-refractivity contribution in [3.05, 3.63) is 77.5 Å². The van der Waals surface area contributed by atoms with E-state index in [1.165, 1.54) is 19.3 Å². The molecule has 3 aromatic rings. The predicted octanol–water partition coefficient (Wildman–Crippen LogP) is 2.87. The van der Waals surface area contributed by atoms with E-state index in [2.05, 4.69) is 15.0 Å². The molecule has 0 radical (unpaired) electrons. The fourth-order valence-electron chi connectivity index (χ4n) is 2.92. The molecule has 0 aliphatic rings. The zero-order valence-corrected chi connectivity index (χ0v) is 16.5. The first kappa shape index (κ1) is 20.9. The van der Waals surface area contributed by atoms with Crippen molar-refractivity contribution >= 4 is 34.8 Å². The van der Waals surface area contributed by atoms with Crippen LogP contribution >= 0.6 is 0 Å². The number of carbonyl (C=O) groups excluding carboxylic acids is 3. The van der Waals surface area contributed by atoms with E-state index < -0.39 is 11.9 Å². The van der Waals surface area contributed by atoms with Crippen LogP contribution in [-0.2, 0) is 25.5 Å². The van der Waals surface area contributed by atoms with Crippen LogP contribution in [0.15, 0.2) is 60.8 Å². The van der Waals surface area contributed by atoms with Crippen LogP contribution in [-0.4, -0.2) is 43.1 Å². The second-order valence-corrected chi connectivity index (χ2v) is 6.51. The molecule has 0 saturated heterocycles. The van der Waals surface area contributed by atoms with Gasteiger partial charge in [0.2, 0.25) is 0 Å². The number of methoxy groups -OCH3 is 1. The van der Waals surface area contributed by atoms with Crippen molar-refractivity contribution in [3.8, 4) is 0 Å². The Kier molecular flexibility index (Phi) is 7.00. The van der Waals surface area contributed by atoms with Gasteiger partial charge in [0, 0.05) is 29.7 Å². The highest BCUT2D eigenvalue weighted by Gasteiger charge is 2.07. The van der Waals surface area contributed by atoms with Gasteiger partial charge < -0.3 is 19.8 Å². The summed E-state index contributed by atoms with van der Waals surface area (Å²) in [7, 11) is 1.31. The van der Waals surface area contributed by atoms with Crippen LogP contribution in [0.2, 0.25) is 0 Å². The molecule has 2 aromatic carbocycles. The smallest absolute Gasteiger partial charge is 0.337 e. The number of ether oxygens (including phenoxy) is 2. The molecule has 1 heterocycles. The van der Waals surface area contributed by atoms with Crippen molar-refractivity contribution in [3.63, 3.8) is 0 Å². The number of aromatic amines is 1. The van der Waals surface area contributed by atoms with Crippen molar-refractivity contribution in [2.45, 2.75) is 6.42 Å². The molecule has 2 N–H and O–H groups in total. The third-order valence-electron chi connectivity index (χ3n) is 4.48. The third kappa shape index (κ3) is 5.57. The van der Waals surface area contributed by atoms with Crippen molar-refractivity contribution in [2.24, 2.45) is 0 Å². The van der Waals surface area contributed by atoms with Gasteiger partial charge in [-0.25, -0.2) is 9.59 Å². The number of benzene rings is 2. The predicted molar refractivity (Wildman–Crippen MR) is 113 cm³/mol. The number of nitrogens with one attached hydrogen (secondary N) is 2. The number of amides is 1. The van der Waals surface area contributed by atoms with Gasteiger partial charge in [-0.15, -0.1) is 0 Å². The van der Waals surface area contributed by atoms with Crippen molar-refractivity contribution in [2.75, 3.05) is 20.3 Å². The topological polar surface area (TPSA) is 97.5 Å². The molecule has 0 atom stereocenters. The summed E-state index contributed by atoms with van der Waals surface area (Å²) in [4.78, 5) is 38.2. The van der Waals surface area contributed by atoms with Gasteiger partial charge in [-0.05, 0) is 41.8 Å². The fraction of sp³-hybridized carbons (Fsp3) is 0.174. The van der Waals surface area contributed by atoms with Gasteiger partial charge in [0.1, 0.15) is 0 Å². The van der Waals surface area contributed by atoms with Crippen LogP contribution < -0.4 is 5.32 Å². The monoisotopic (exact) mass is 406 g/mol. The molecule has 30 heavy (non-hydrogen) atoms. The van der Waals surface area contributed by atoms with Gasteiger partial charge in [0.15, 0.2) is 6.61 Å². The number of para-hydroxylation sites is 1. The molecule has 7 heteroatoms. The van der Waals surface area contributed by atoms with Crippen molar-refractivity contribution in [1.82, 2.24) is 10.3 Å². The van der Waals surface area contributed by atoms with E-state index in [4.69, 9.17) is 4.74 Å². The minimum absolute atomic E-state index is 0.349. The number of esters is 2. The standard InChI is InChI=1S/C23H22N2O5/c1-29-23(28)17-9-6-16(7-10-17)8-11-22(27)30-15-21(26)24-13-12-18-14-25-20-5-3-2-4-19(18)20/h2-11,14,25H,12-13,15H2,1H3,(H,24,26)/b11-8+. The molecule has 0 aliphatic heterocycles. The molecule has 1 amide bonds. The summed E-state index contributed by atoms with van der Waals surface area (Å²) < 4.78 is 9.57. The first-order valence-corrected chi connectivity index (χ1v) is 9.41. The number of hydrogen-bond donors (Lipinski definition) is 2. The van der Waals surface area contributed by atoms with Gasteiger partial charge in [-0.2, -0.15) is 0 Å². The van der Waals surface area contributed by atoms with E-state index in [-0.39, 0.29) is 12.5 Å². The lowest BCUT2D eigenvalue weighted by Gasteiger charge is -2.05. The van der Waals surface area contributed by atoms with Crippen LogP contribution in [0, 0.1) is 0 Å². The number of carbonyl (C=O) groups is 3. The molecule has 0 unspecified atom stereocenters. The Bertz CT molecular complexity index is 1070. The number of aromatic nitrogens is 1. The molecular weight excluding hydrogens is 384 g/mol. The Hall–Kier alpha value is -3.87. The summed E-state index contributed by atoms with van der Waals surface area (Å²) in [5.74, 6) is -1.42. The second-order valence-electron chi connectivity index (χ2n) is 6.51. The molecule has 0 spiro atoms. The largest absolute Gasteiger partial charge is 0.465 e. The van der Waals surface area contributed by atoms with Crippen molar-refractivity contribution < 1.29 is 23.9 Å². The number of H-pyrrole nitrogens is 1. The normalized spacial score (nSPS) is 10.8. The van der Waals surface area contributed by atoms with Gasteiger partial charge in [-0.1, -0.05) is 30.3 Å². The maximum atomic E-state index is 11.9. The maximum Gasteiger partial charge on any atom is 0.337 e. The Balaban J connectivity index is 1.39. The maximum absolute atomic E-state index is 11.9. The van der Waals surface area contributed by atoms with E-state index in [0.29, 0.717) is 24.1 Å². The van der Waals surface area contributed by atoms with Crippen LogP contribution in [0.1, 0.15) is 21.5 Å². The molecule has 154 valence electrons. The summed E-state index contributed by atoms with van der Waals surface area (Å²) in [6.07, 6.45) is 5.37. The lowest BCUT2D eigenvalue weighted by atomic mass is 10.1. The zero-order chi connectivity index (χ0) is 21.3. The summed E-state index contributed by atoms with van der Waals surface area (Å²) in [5.41, 5.74) is 3.30. The molecule has 0 bridgehead atoms. The van der Waals surface area contributed by atoms with Gasteiger partial charge in [0.25, 0.3) is 5.91 Å². The van der Waals surface area contributed by atoms with Gasteiger partial charge in [0.05, 0.1) is 12.7 Å². The van der Waals surface area contributed by atoms with Crippen LogP contribution in [0.25, 0.3) is 17.0 Å². The van der Waals surface area contributed by atoms with E-state index in [0.717, 1.165) is 16.5 Å². The van der Waals surface area contributed by atoms with E-state index in [1.807, 2.05) is 30.5 Å². The zero-order valence-electron chi connectivity index (χ0n) is 16.5. The van der Waals surface area contributed by atoms with Crippen LogP contribution in [0.4, 0.5) is 0 Å². The number of hydrogen-bond acceptors (Lipinski definition) is 5. The van der Waals surface area contributed by atoms with Crippen LogP contribution in [0.3, 0.4) is 0 Å². The molecule has 0 fully saturated rings. The fourth-order valence-corrected chi connectivity index (χ4v) is 2.92. The third-order valence-corrected chi connectivity index (χ3v) is 4.48. The summed E-state index contributed by atoms with van der Waals surface area (Å²) in [5, 5.41) is 3.87. The van der Waals surface area contributed by atoms with E-state index in [9.17, 15) is 14.4 Å². The Morgan fingerprint density at radius 3 is 2.60 bits per heavy atom.